The van der Waals surface area contributed by atoms with Gasteiger partial charge in [0.05, 0.1) is 5.60 Å². The third-order valence-electron chi connectivity index (χ3n) is 5.17. The van der Waals surface area contributed by atoms with Gasteiger partial charge in [-0.25, -0.2) is 0 Å². The fourth-order valence-corrected chi connectivity index (χ4v) is 3.29. The van der Waals surface area contributed by atoms with Gasteiger partial charge in [0.25, 0.3) is 0 Å². The molecule has 4 nitrogen and oxygen atoms in total. The van der Waals surface area contributed by atoms with Crippen LogP contribution in [0.1, 0.15) is 51.6 Å². The molecule has 2 rings (SSSR count). The normalized spacial score (nSPS) is 22.6. The topological polar surface area (TPSA) is 53.1 Å². The molecule has 0 aromatic carbocycles. The van der Waals surface area contributed by atoms with Gasteiger partial charge in [0, 0.05) is 32.1 Å². The number of nitrogens with zero attached hydrogens (tertiary/aromatic N) is 2. The number of ether oxygens (including phenoxy) is 1. The lowest BCUT2D eigenvalue weighted by atomic mass is 9.68. The molecule has 1 aliphatic rings. The van der Waals surface area contributed by atoms with E-state index in [1.165, 1.54) is 18.5 Å². The highest BCUT2D eigenvalue weighted by molar-refractivity contribution is 5.03. The van der Waals surface area contributed by atoms with Gasteiger partial charge in [-0.3, -0.25) is 4.68 Å². The Hall–Kier alpha value is -0.870. The van der Waals surface area contributed by atoms with E-state index in [1.807, 2.05) is 25.0 Å². The molecule has 1 atom stereocenters. The van der Waals surface area contributed by atoms with E-state index in [1.54, 1.807) is 0 Å². The minimum Gasteiger partial charge on any atom is -0.377 e. The Morgan fingerprint density at radius 3 is 2.50 bits per heavy atom. The summed E-state index contributed by atoms with van der Waals surface area (Å²) in [7, 11) is 3.80. The zero-order chi connectivity index (χ0) is 14.8. The van der Waals surface area contributed by atoms with Gasteiger partial charge in [0.1, 0.15) is 0 Å². The summed E-state index contributed by atoms with van der Waals surface area (Å²) in [5, 5.41) is 4.21. The van der Waals surface area contributed by atoms with Crippen LogP contribution >= 0.6 is 0 Å². The summed E-state index contributed by atoms with van der Waals surface area (Å²) in [6, 6.07) is 2.16. The first-order valence-corrected chi connectivity index (χ1v) is 7.66. The van der Waals surface area contributed by atoms with Crippen molar-refractivity contribution in [1.29, 1.82) is 0 Å². The van der Waals surface area contributed by atoms with Crippen LogP contribution in [0.4, 0.5) is 0 Å². The van der Waals surface area contributed by atoms with Gasteiger partial charge in [-0.1, -0.05) is 13.8 Å². The summed E-state index contributed by atoms with van der Waals surface area (Å²) >= 11 is 0. The molecule has 1 heterocycles. The highest BCUT2D eigenvalue weighted by atomic mass is 16.5. The first-order valence-electron chi connectivity index (χ1n) is 7.66. The molecule has 0 aliphatic heterocycles. The standard InChI is InChI=1S/C16H29N3O/c1-15(2)8-10-16(20-4,11-9-15)14(17)6-5-13-7-12-18-19(13)3/h7,12,14H,5-6,8-11,17H2,1-4H3. The molecule has 0 spiro atoms. The lowest BCUT2D eigenvalue weighted by molar-refractivity contribution is -0.0797. The predicted octanol–water partition coefficient (Wildman–Crippen LogP) is 2.67. The van der Waals surface area contributed by atoms with Crippen LogP contribution in [0.15, 0.2) is 12.3 Å². The molecular weight excluding hydrogens is 250 g/mol. The summed E-state index contributed by atoms with van der Waals surface area (Å²) in [5.41, 5.74) is 8.04. The summed E-state index contributed by atoms with van der Waals surface area (Å²) in [6.07, 6.45) is 8.29. The molecule has 1 saturated carbocycles. The lowest BCUT2D eigenvalue weighted by Gasteiger charge is -2.46. The zero-order valence-electron chi connectivity index (χ0n) is 13.4. The van der Waals surface area contributed by atoms with Crippen LogP contribution in [0.25, 0.3) is 0 Å². The van der Waals surface area contributed by atoms with E-state index >= 15 is 0 Å². The molecule has 1 aromatic rings. The van der Waals surface area contributed by atoms with Crippen molar-refractivity contribution in [1.82, 2.24) is 9.78 Å². The molecule has 1 fully saturated rings. The average molecular weight is 279 g/mol. The van der Waals surface area contributed by atoms with Crippen LogP contribution < -0.4 is 5.73 Å². The van der Waals surface area contributed by atoms with Gasteiger partial charge in [-0.15, -0.1) is 0 Å². The maximum absolute atomic E-state index is 6.49. The number of hydrogen-bond donors (Lipinski definition) is 1. The van der Waals surface area contributed by atoms with Gasteiger partial charge < -0.3 is 10.5 Å². The van der Waals surface area contributed by atoms with Crippen LogP contribution in [0.2, 0.25) is 0 Å². The molecule has 2 N–H and O–H groups in total. The van der Waals surface area contributed by atoms with E-state index in [0.717, 1.165) is 25.7 Å². The molecular formula is C16H29N3O. The van der Waals surface area contributed by atoms with Crippen molar-refractivity contribution >= 4 is 0 Å². The summed E-state index contributed by atoms with van der Waals surface area (Å²) in [4.78, 5) is 0. The third kappa shape index (κ3) is 3.23. The molecule has 114 valence electrons. The van der Waals surface area contributed by atoms with Gasteiger partial charge in [0.2, 0.25) is 0 Å². The van der Waals surface area contributed by atoms with Crippen molar-refractivity contribution in [3.05, 3.63) is 18.0 Å². The Bertz CT molecular complexity index is 429. The number of aromatic nitrogens is 2. The molecule has 0 bridgehead atoms. The molecule has 1 aromatic heterocycles. The van der Waals surface area contributed by atoms with Gasteiger partial charge >= 0.3 is 0 Å². The van der Waals surface area contributed by atoms with Crippen molar-refractivity contribution in [3.8, 4) is 0 Å². The van der Waals surface area contributed by atoms with Crippen molar-refractivity contribution in [2.45, 2.75) is 64.0 Å². The number of nitrogens with two attached hydrogens (primary N) is 1. The Morgan fingerprint density at radius 1 is 1.35 bits per heavy atom. The van der Waals surface area contributed by atoms with Crippen molar-refractivity contribution in [2.24, 2.45) is 18.2 Å². The van der Waals surface area contributed by atoms with E-state index in [0.29, 0.717) is 5.41 Å². The lowest BCUT2D eigenvalue weighted by Crippen LogP contribution is -2.52. The Kier molecular flexibility index (Phi) is 4.55. The van der Waals surface area contributed by atoms with Gasteiger partial charge in [-0.2, -0.15) is 5.10 Å². The Labute approximate surface area is 122 Å². The van der Waals surface area contributed by atoms with Crippen LogP contribution in [-0.2, 0) is 18.2 Å². The predicted molar refractivity (Wildman–Crippen MR) is 81.5 cm³/mol. The number of aryl methyl sites for hydroxylation is 2. The molecule has 0 amide bonds. The number of rotatable bonds is 5. The van der Waals surface area contributed by atoms with Crippen LogP contribution in [0.3, 0.4) is 0 Å². The van der Waals surface area contributed by atoms with Crippen molar-refractivity contribution < 1.29 is 4.74 Å². The molecule has 1 unspecified atom stereocenters. The molecule has 4 heteroatoms. The number of hydrogen-bond acceptors (Lipinski definition) is 3. The van der Waals surface area contributed by atoms with E-state index in [2.05, 4.69) is 25.0 Å². The van der Waals surface area contributed by atoms with Crippen LogP contribution in [0, 0.1) is 5.41 Å². The smallest absolute Gasteiger partial charge is 0.0829 e. The summed E-state index contributed by atoms with van der Waals surface area (Å²) < 4.78 is 7.81. The third-order valence-corrected chi connectivity index (χ3v) is 5.17. The second-order valence-electron chi connectivity index (χ2n) is 7.02. The number of methoxy groups -OCH3 is 1. The maximum Gasteiger partial charge on any atom is 0.0829 e. The van der Waals surface area contributed by atoms with Crippen molar-refractivity contribution in [2.75, 3.05) is 7.11 Å². The average Bonchev–Trinajstić information content (AvgIpc) is 2.82. The second-order valence-corrected chi connectivity index (χ2v) is 7.02. The highest BCUT2D eigenvalue weighted by Crippen LogP contribution is 2.43. The van der Waals surface area contributed by atoms with Gasteiger partial charge in [0.15, 0.2) is 0 Å². The van der Waals surface area contributed by atoms with Crippen LogP contribution in [-0.4, -0.2) is 28.5 Å². The fourth-order valence-electron chi connectivity index (χ4n) is 3.29. The van der Waals surface area contributed by atoms with E-state index in [4.69, 9.17) is 10.5 Å². The minimum atomic E-state index is -0.131. The largest absolute Gasteiger partial charge is 0.377 e. The highest BCUT2D eigenvalue weighted by Gasteiger charge is 2.42. The molecule has 0 saturated heterocycles. The van der Waals surface area contributed by atoms with Crippen molar-refractivity contribution in [3.63, 3.8) is 0 Å². The molecule has 20 heavy (non-hydrogen) atoms. The van der Waals surface area contributed by atoms with E-state index in [-0.39, 0.29) is 11.6 Å². The SMILES string of the molecule is COC1(C(N)CCc2ccnn2C)CCC(C)(C)CC1. The van der Waals surface area contributed by atoms with E-state index < -0.39 is 0 Å². The van der Waals surface area contributed by atoms with Gasteiger partial charge in [-0.05, 0) is 50.0 Å². The summed E-state index contributed by atoms with van der Waals surface area (Å²) in [5.74, 6) is 0. The maximum atomic E-state index is 6.49. The summed E-state index contributed by atoms with van der Waals surface area (Å²) in [6.45, 7) is 4.68. The van der Waals surface area contributed by atoms with E-state index in [9.17, 15) is 0 Å². The second kappa shape index (κ2) is 5.86. The first kappa shape index (κ1) is 15.5. The minimum absolute atomic E-state index is 0.0958. The first-order chi connectivity index (χ1) is 9.38. The Balaban J connectivity index is 1.96. The fraction of sp³-hybridized carbons (Fsp3) is 0.812. The Morgan fingerprint density at radius 2 is 2.00 bits per heavy atom. The quantitative estimate of drug-likeness (QED) is 0.901. The zero-order valence-corrected chi connectivity index (χ0v) is 13.4. The molecule has 0 radical (unpaired) electrons. The monoisotopic (exact) mass is 279 g/mol. The molecule has 1 aliphatic carbocycles. The van der Waals surface area contributed by atoms with Crippen LogP contribution in [0.5, 0.6) is 0 Å².